The zero-order valence-corrected chi connectivity index (χ0v) is 21.7. The van der Waals surface area contributed by atoms with Crippen molar-refractivity contribution in [1.29, 1.82) is 0 Å². The normalized spacial score (nSPS) is 24.2. The van der Waals surface area contributed by atoms with E-state index in [1.165, 1.54) is 4.90 Å². The highest BCUT2D eigenvalue weighted by atomic mass is 16.5. The van der Waals surface area contributed by atoms with E-state index in [9.17, 15) is 14.7 Å². The number of carbonyl (C=O) groups is 2. The number of amides is 2. The Bertz CT molecular complexity index is 1110. The molecule has 2 saturated carbocycles. The number of aliphatic hydroxyl groups excluding tert-OH is 1. The van der Waals surface area contributed by atoms with Crippen LogP contribution in [0.15, 0.2) is 10.7 Å². The standard InChI is InChI=1S/C25H37N7O4/c1-13(2)19(23-27-21(29-36-23)15-8-9-15)26-22(34)18-10-16(33)11-31(18)24(35)20(25(3,4)5)32-12-17(28-30-32)14-6-7-14/h12-16,18-20,33H,6-11H2,1-5H3,(H,26,34)/t16?,18?,19?,20-/m0/s1. The molecule has 0 spiro atoms. The second kappa shape index (κ2) is 9.24. The number of nitrogens with one attached hydrogen (secondary N) is 1. The van der Waals surface area contributed by atoms with Crippen LogP contribution in [0.5, 0.6) is 0 Å². The third-order valence-corrected chi connectivity index (χ3v) is 7.34. The van der Waals surface area contributed by atoms with E-state index >= 15 is 0 Å². The predicted molar refractivity (Wildman–Crippen MR) is 129 cm³/mol. The molecule has 2 aliphatic carbocycles. The minimum Gasteiger partial charge on any atom is -0.391 e. The van der Waals surface area contributed by atoms with Crippen LogP contribution < -0.4 is 5.32 Å². The Balaban J connectivity index is 1.35. The lowest BCUT2D eigenvalue weighted by Crippen LogP contribution is -2.51. The lowest BCUT2D eigenvalue weighted by atomic mass is 9.85. The van der Waals surface area contributed by atoms with E-state index in [2.05, 4.69) is 25.8 Å². The maximum atomic E-state index is 13.9. The number of rotatable bonds is 8. The van der Waals surface area contributed by atoms with Gasteiger partial charge >= 0.3 is 0 Å². The van der Waals surface area contributed by atoms with E-state index in [4.69, 9.17) is 4.52 Å². The number of β-amino-alcohol motifs (C(OH)–C–C–N with tert-alkyl or cyclic N) is 1. The molecular weight excluding hydrogens is 462 g/mol. The Morgan fingerprint density at radius 3 is 2.47 bits per heavy atom. The van der Waals surface area contributed by atoms with E-state index in [1.54, 1.807) is 4.68 Å². The first-order chi connectivity index (χ1) is 17.0. The minimum absolute atomic E-state index is 0.00440. The molecule has 1 aliphatic heterocycles. The molecule has 4 atom stereocenters. The van der Waals surface area contributed by atoms with Gasteiger partial charge in [0.1, 0.15) is 18.1 Å². The minimum atomic E-state index is -0.809. The Morgan fingerprint density at radius 1 is 1.17 bits per heavy atom. The lowest BCUT2D eigenvalue weighted by molar-refractivity contribution is -0.144. The number of aliphatic hydroxyl groups is 1. The van der Waals surface area contributed by atoms with Crippen molar-refractivity contribution >= 4 is 11.8 Å². The van der Waals surface area contributed by atoms with Gasteiger partial charge in [-0.15, -0.1) is 5.10 Å². The van der Waals surface area contributed by atoms with Crippen molar-refractivity contribution in [2.75, 3.05) is 6.54 Å². The Morgan fingerprint density at radius 2 is 1.86 bits per heavy atom. The smallest absolute Gasteiger partial charge is 0.249 e. The fraction of sp³-hybridized carbons (Fsp3) is 0.760. The summed E-state index contributed by atoms with van der Waals surface area (Å²) in [7, 11) is 0. The predicted octanol–water partition coefficient (Wildman–Crippen LogP) is 2.48. The van der Waals surface area contributed by atoms with Gasteiger partial charge in [-0.25, -0.2) is 4.68 Å². The van der Waals surface area contributed by atoms with Crippen molar-refractivity contribution in [1.82, 2.24) is 35.4 Å². The van der Waals surface area contributed by atoms with Crippen molar-refractivity contribution in [2.45, 2.75) is 103 Å². The Hall–Kier alpha value is -2.82. The molecule has 11 heteroatoms. The SMILES string of the molecule is CC(C)C(NC(=O)C1CC(O)CN1C(=O)[C@H](n1cc(C2CC2)nn1)C(C)(C)C)c1nc(C2CC2)no1. The number of aromatic nitrogens is 5. The molecule has 11 nitrogen and oxygen atoms in total. The molecule has 196 valence electrons. The van der Waals surface area contributed by atoms with Crippen LogP contribution in [0.3, 0.4) is 0 Å². The molecule has 2 N–H and O–H groups in total. The van der Waals surface area contributed by atoms with Crippen LogP contribution in [0.4, 0.5) is 0 Å². The zero-order valence-electron chi connectivity index (χ0n) is 21.7. The van der Waals surface area contributed by atoms with Gasteiger partial charge < -0.3 is 19.8 Å². The van der Waals surface area contributed by atoms with Gasteiger partial charge in [-0.05, 0) is 37.0 Å². The number of carbonyl (C=O) groups excluding carboxylic acids is 2. The molecular formula is C25H37N7O4. The summed E-state index contributed by atoms with van der Waals surface area (Å²) in [5.74, 6) is 1.23. The molecule has 2 aromatic rings. The van der Waals surface area contributed by atoms with Crippen LogP contribution in [-0.4, -0.2) is 65.6 Å². The van der Waals surface area contributed by atoms with E-state index < -0.39 is 29.6 Å². The first-order valence-corrected chi connectivity index (χ1v) is 13.1. The lowest BCUT2D eigenvalue weighted by Gasteiger charge is -2.35. The summed E-state index contributed by atoms with van der Waals surface area (Å²) in [4.78, 5) is 33.5. The van der Waals surface area contributed by atoms with Crippen LogP contribution in [0.2, 0.25) is 0 Å². The molecule has 0 aromatic carbocycles. The quantitative estimate of drug-likeness (QED) is 0.565. The van der Waals surface area contributed by atoms with Crippen LogP contribution in [0.25, 0.3) is 0 Å². The largest absolute Gasteiger partial charge is 0.391 e. The molecule has 3 fully saturated rings. The highest BCUT2D eigenvalue weighted by Gasteiger charge is 2.46. The van der Waals surface area contributed by atoms with Crippen LogP contribution in [-0.2, 0) is 9.59 Å². The van der Waals surface area contributed by atoms with Crippen molar-refractivity contribution in [3.63, 3.8) is 0 Å². The van der Waals surface area contributed by atoms with Crippen LogP contribution >= 0.6 is 0 Å². The maximum absolute atomic E-state index is 13.9. The number of nitrogens with zero attached hydrogens (tertiary/aromatic N) is 6. The second-order valence-electron chi connectivity index (χ2n) is 12.1. The summed E-state index contributed by atoms with van der Waals surface area (Å²) < 4.78 is 7.12. The van der Waals surface area contributed by atoms with E-state index in [0.29, 0.717) is 23.6 Å². The van der Waals surface area contributed by atoms with Crippen molar-refractivity contribution in [3.8, 4) is 0 Å². The fourth-order valence-corrected chi connectivity index (χ4v) is 4.97. The summed E-state index contributed by atoms with van der Waals surface area (Å²) in [6.45, 7) is 9.94. The molecule has 1 saturated heterocycles. The first kappa shape index (κ1) is 24.9. The third kappa shape index (κ3) is 5.02. The number of hydrogen-bond acceptors (Lipinski definition) is 8. The van der Waals surface area contributed by atoms with Crippen molar-refractivity contribution in [3.05, 3.63) is 23.6 Å². The molecule has 0 bridgehead atoms. The molecule has 3 aliphatic rings. The van der Waals surface area contributed by atoms with Gasteiger partial charge in [0.2, 0.25) is 17.7 Å². The molecule has 2 aromatic heterocycles. The van der Waals surface area contributed by atoms with Crippen molar-refractivity contribution < 1.29 is 19.2 Å². The van der Waals surface area contributed by atoms with Gasteiger partial charge in [0, 0.05) is 31.0 Å². The second-order valence-corrected chi connectivity index (χ2v) is 12.1. The third-order valence-electron chi connectivity index (χ3n) is 7.34. The van der Waals surface area contributed by atoms with Gasteiger partial charge in [0.25, 0.3) is 0 Å². The van der Waals surface area contributed by atoms with E-state index in [1.807, 2.05) is 40.8 Å². The highest BCUT2D eigenvalue weighted by Crippen LogP contribution is 2.41. The summed E-state index contributed by atoms with van der Waals surface area (Å²) in [6.07, 6.45) is 5.52. The summed E-state index contributed by atoms with van der Waals surface area (Å²) in [5, 5.41) is 26.2. The number of hydrogen-bond donors (Lipinski definition) is 2. The zero-order chi connectivity index (χ0) is 25.8. The average molecular weight is 500 g/mol. The topological polar surface area (TPSA) is 139 Å². The van der Waals surface area contributed by atoms with Gasteiger partial charge in [-0.2, -0.15) is 4.98 Å². The fourth-order valence-electron chi connectivity index (χ4n) is 4.97. The van der Waals surface area contributed by atoms with Gasteiger partial charge in [-0.1, -0.05) is 45.0 Å². The molecule has 2 amide bonds. The highest BCUT2D eigenvalue weighted by molar-refractivity contribution is 5.90. The molecule has 0 radical (unpaired) electrons. The van der Waals surface area contributed by atoms with Crippen LogP contribution in [0, 0.1) is 11.3 Å². The Labute approximate surface area is 211 Å². The monoisotopic (exact) mass is 499 g/mol. The molecule has 36 heavy (non-hydrogen) atoms. The summed E-state index contributed by atoms with van der Waals surface area (Å²) in [6, 6.07) is -1.95. The molecule has 5 rings (SSSR count). The number of likely N-dealkylation sites (tertiary alicyclic amines) is 1. The van der Waals surface area contributed by atoms with Gasteiger partial charge in [0.15, 0.2) is 5.82 Å². The van der Waals surface area contributed by atoms with E-state index in [-0.39, 0.29) is 30.7 Å². The van der Waals surface area contributed by atoms with E-state index in [0.717, 1.165) is 31.4 Å². The Kier molecular flexibility index (Phi) is 6.38. The van der Waals surface area contributed by atoms with Crippen molar-refractivity contribution in [2.24, 2.45) is 11.3 Å². The van der Waals surface area contributed by atoms with Crippen LogP contribution in [0.1, 0.15) is 108 Å². The van der Waals surface area contributed by atoms with Gasteiger partial charge in [0.05, 0.1) is 11.8 Å². The first-order valence-electron chi connectivity index (χ1n) is 13.1. The maximum Gasteiger partial charge on any atom is 0.249 e. The molecule has 3 unspecified atom stereocenters. The average Bonchev–Trinajstić information content (AvgIpc) is 3.70. The molecule has 3 heterocycles. The summed E-state index contributed by atoms with van der Waals surface area (Å²) in [5.41, 5.74) is 0.418. The summed E-state index contributed by atoms with van der Waals surface area (Å²) >= 11 is 0. The van der Waals surface area contributed by atoms with Gasteiger partial charge in [-0.3, -0.25) is 9.59 Å².